The minimum absolute atomic E-state index is 0.0455. The molecule has 0 heterocycles. The molecule has 6 heteroatoms. The van der Waals surface area contributed by atoms with Crippen molar-refractivity contribution >= 4 is 17.8 Å². The first kappa shape index (κ1) is 31.1. The van der Waals surface area contributed by atoms with Gasteiger partial charge in [-0.15, -0.1) is 0 Å². The number of carbonyl (C=O) groups is 3. The van der Waals surface area contributed by atoms with Crippen LogP contribution in [0, 0.1) is 0 Å². The maximum absolute atomic E-state index is 11.9. The summed E-state index contributed by atoms with van der Waals surface area (Å²) in [5.41, 5.74) is 0.566. The lowest BCUT2D eigenvalue weighted by Gasteiger charge is -2.06. The van der Waals surface area contributed by atoms with E-state index in [-0.39, 0.29) is 17.8 Å². The van der Waals surface area contributed by atoms with Crippen molar-refractivity contribution < 1.29 is 19.1 Å². The summed E-state index contributed by atoms with van der Waals surface area (Å²) in [4.78, 5) is 34.3. The Kier molecular flexibility index (Phi) is 22.0. The molecule has 0 radical (unpaired) electrons. The van der Waals surface area contributed by atoms with E-state index in [0.29, 0.717) is 18.4 Å². The minimum Gasteiger partial charge on any atom is -0.469 e. The molecule has 0 unspecified atom stereocenters. The maximum Gasteiger partial charge on any atom is 0.305 e. The number of hydrogen-bond donors (Lipinski definition) is 2. The van der Waals surface area contributed by atoms with Gasteiger partial charge in [0.1, 0.15) is 0 Å². The Balaban J connectivity index is 3.24. The molecule has 33 heavy (non-hydrogen) atoms. The second-order valence-corrected chi connectivity index (χ2v) is 9.12. The molecule has 0 spiro atoms. The molecule has 192 valence electrons. The van der Waals surface area contributed by atoms with Crippen molar-refractivity contribution in [3.05, 3.63) is 12.2 Å². The summed E-state index contributed by atoms with van der Waals surface area (Å²) in [6.45, 7) is 6.88. The molecule has 0 saturated carbocycles. The zero-order chi connectivity index (χ0) is 24.6. The van der Waals surface area contributed by atoms with Crippen LogP contribution in [0.25, 0.3) is 0 Å². The summed E-state index contributed by atoms with van der Waals surface area (Å²) < 4.78 is 4.63. The van der Waals surface area contributed by atoms with E-state index in [2.05, 4.69) is 21.9 Å². The van der Waals surface area contributed by atoms with Crippen LogP contribution in [0.4, 0.5) is 0 Å². The van der Waals surface area contributed by atoms with E-state index < -0.39 is 0 Å². The summed E-state index contributed by atoms with van der Waals surface area (Å²) in [6.07, 6.45) is 19.4. The third-order valence-corrected chi connectivity index (χ3v) is 5.86. The molecule has 0 fully saturated rings. The number of carbonyl (C=O) groups excluding carboxylic acids is 3. The van der Waals surface area contributed by atoms with Gasteiger partial charge in [-0.1, -0.05) is 83.6 Å². The van der Waals surface area contributed by atoms with E-state index in [1.54, 1.807) is 6.92 Å². The van der Waals surface area contributed by atoms with E-state index in [0.717, 1.165) is 58.0 Å². The van der Waals surface area contributed by atoms with Crippen LogP contribution in [0.5, 0.6) is 0 Å². The molecule has 0 rings (SSSR count). The number of unbranched alkanes of at least 4 members (excludes halogenated alkanes) is 14. The van der Waals surface area contributed by atoms with Gasteiger partial charge in [0.2, 0.25) is 11.8 Å². The van der Waals surface area contributed by atoms with Gasteiger partial charge < -0.3 is 15.4 Å². The summed E-state index contributed by atoms with van der Waals surface area (Å²) in [5.74, 6) is 0.0381. The van der Waals surface area contributed by atoms with Gasteiger partial charge in [0, 0.05) is 31.5 Å². The highest BCUT2D eigenvalue weighted by atomic mass is 16.5. The smallest absolute Gasteiger partial charge is 0.305 e. The van der Waals surface area contributed by atoms with Crippen molar-refractivity contribution in [1.29, 1.82) is 0 Å². The third kappa shape index (κ3) is 23.1. The van der Waals surface area contributed by atoms with Crippen molar-refractivity contribution in [2.24, 2.45) is 0 Å². The Hall–Kier alpha value is -1.85. The SMILES string of the molecule is C=C(C)C(=O)NCCCCCCCCCCC(=O)NCCCCCCCCCCC(=O)OC. The van der Waals surface area contributed by atoms with Crippen LogP contribution in [-0.4, -0.2) is 38.0 Å². The fourth-order valence-electron chi connectivity index (χ4n) is 3.70. The lowest BCUT2D eigenvalue weighted by atomic mass is 10.1. The molecule has 0 atom stereocenters. The number of nitrogens with one attached hydrogen (secondary N) is 2. The summed E-state index contributed by atoms with van der Waals surface area (Å²) in [7, 11) is 1.44. The first-order valence-electron chi connectivity index (χ1n) is 13.2. The average Bonchev–Trinajstić information content (AvgIpc) is 2.80. The van der Waals surface area contributed by atoms with E-state index >= 15 is 0 Å². The molecule has 0 bridgehead atoms. The first-order valence-corrected chi connectivity index (χ1v) is 13.2. The van der Waals surface area contributed by atoms with Gasteiger partial charge in [-0.25, -0.2) is 0 Å². The number of esters is 1. The first-order chi connectivity index (χ1) is 16.0. The standard InChI is InChI=1S/C27H50N2O4/c1-24(2)27(32)29-23-19-15-11-6-4-8-12-16-20-25(30)28-22-18-14-10-7-5-9-13-17-21-26(31)33-3/h1,4-23H2,2-3H3,(H,28,30)(H,29,32). The monoisotopic (exact) mass is 466 g/mol. The van der Waals surface area contributed by atoms with Crippen molar-refractivity contribution in [2.75, 3.05) is 20.2 Å². The number of amides is 2. The van der Waals surface area contributed by atoms with E-state index in [9.17, 15) is 14.4 Å². The van der Waals surface area contributed by atoms with Crippen LogP contribution >= 0.6 is 0 Å². The van der Waals surface area contributed by atoms with Gasteiger partial charge in [0.25, 0.3) is 0 Å². The number of hydrogen-bond acceptors (Lipinski definition) is 4. The van der Waals surface area contributed by atoms with Crippen molar-refractivity contribution in [3.8, 4) is 0 Å². The molecule has 0 aromatic carbocycles. The highest BCUT2D eigenvalue weighted by molar-refractivity contribution is 5.92. The van der Waals surface area contributed by atoms with Gasteiger partial charge >= 0.3 is 5.97 Å². The molecule has 0 aromatic heterocycles. The quantitative estimate of drug-likeness (QED) is 0.110. The fraction of sp³-hybridized carbons (Fsp3) is 0.815. The van der Waals surface area contributed by atoms with Crippen LogP contribution in [0.1, 0.15) is 122 Å². The van der Waals surface area contributed by atoms with E-state index in [4.69, 9.17) is 0 Å². The molecule has 0 aliphatic heterocycles. The summed E-state index contributed by atoms with van der Waals surface area (Å²) in [5, 5.41) is 5.91. The zero-order valence-corrected chi connectivity index (χ0v) is 21.5. The fourth-order valence-corrected chi connectivity index (χ4v) is 3.70. The lowest BCUT2D eigenvalue weighted by molar-refractivity contribution is -0.140. The van der Waals surface area contributed by atoms with Gasteiger partial charge in [-0.3, -0.25) is 14.4 Å². The maximum atomic E-state index is 11.9. The molecular weight excluding hydrogens is 416 g/mol. The van der Waals surface area contributed by atoms with Crippen molar-refractivity contribution in [1.82, 2.24) is 10.6 Å². The largest absolute Gasteiger partial charge is 0.469 e. The van der Waals surface area contributed by atoms with Crippen molar-refractivity contribution in [2.45, 2.75) is 122 Å². The van der Waals surface area contributed by atoms with Gasteiger partial charge in [0.05, 0.1) is 7.11 Å². The Labute approximate surface area is 202 Å². The molecule has 0 aliphatic rings. The molecule has 0 aliphatic carbocycles. The molecule has 0 aromatic rings. The van der Waals surface area contributed by atoms with Gasteiger partial charge in [0.15, 0.2) is 0 Å². The predicted molar refractivity (Wildman–Crippen MR) is 136 cm³/mol. The van der Waals surface area contributed by atoms with Gasteiger partial charge in [-0.2, -0.15) is 0 Å². The second kappa shape index (κ2) is 23.3. The molecule has 0 saturated heterocycles. The minimum atomic E-state index is -0.108. The topological polar surface area (TPSA) is 84.5 Å². The predicted octanol–water partition coefficient (Wildman–Crippen LogP) is 5.99. The Morgan fingerprint density at radius 2 is 1.00 bits per heavy atom. The van der Waals surface area contributed by atoms with E-state index in [1.807, 2.05) is 0 Å². The van der Waals surface area contributed by atoms with Crippen LogP contribution in [0.15, 0.2) is 12.2 Å². The highest BCUT2D eigenvalue weighted by Crippen LogP contribution is 2.11. The van der Waals surface area contributed by atoms with Crippen molar-refractivity contribution in [3.63, 3.8) is 0 Å². The molecule has 2 N–H and O–H groups in total. The summed E-state index contributed by atoms with van der Waals surface area (Å²) in [6, 6.07) is 0. The second-order valence-electron chi connectivity index (χ2n) is 9.12. The van der Waals surface area contributed by atoms with Gasteiger partial charge in [-0.05, 0) is 32.6 Å². The zero-order valence-electron chi connectivity index (χ0n) is 21.5. The van der Waals surface area contributed by atoms with E-state index in [1.165, 1.54) is 64.9 Å². The lowest BCUT2D eigenvalue weighted by Crippen LogP contribution is -2.24. The molecule has 6 nitrogen and oxygen atoms in total. The Morgan fingerprint density at radius 1 is 0.606 bits per heavy atom. The van der Waals surface area contributed by atoms with Crippen LogP contribution < -0.4 is 10.6 Å². The Morgan fingerprint density at radius 3 is 1.45 bits per heavy atom. The number of methoxy groups -OCH3 is 1. The average molecular weight is 467 g/mol. The molecular formula is C27H50N2O4. The van der Waals surface area contributed by atoms with Crippen LogP contribution in [0.3, 0.4) is 0 Å². The normalized spacial score (nSPS) is 10.6. The van der Waals surface area contributed by atoms with Crippen LogP contribution in [-0.2, 0) is 19.1 Å². The highest BCUT2D eigenvalue weighted by Gasteiger charge is 2.02. The van der Waals surface area contributed by atoms with Crippen LogP contribution in [0.2, 0.25) is 0 Å². The summed E-state index contributed by atoms with van der Waals surface area (Å²) >= 11 is 0. The Bertz CT molecular complexity index is 534. The molecule has 2 amide bonds. The number of rotatable bonds is 23. The third-order valence-electron chi connectivity index (χ3n) is 5.86. The number of ether oxygens (including phenoxy) is 1.